The minimum absolute atomic E-state index is 0.0897. The summed E-state index contributed by atoms with van der Waals surface area (Å²) in [5.41, 5.74) is 0. The van der Waals surface area contributed by atoms with E-state index in [4.69, 9.17) is 14.2 Å². The highest BCUT2D eigenvalue weighted by molar-refractivity contribution is 5.75. The van der Waals surface area contributed by atoms with E-state index in [1.807, 2.05) is 6.92 Å². The third-order valence-electron chi connectivity index (χ3n) is 4.96. The smallest absolute Gasteiger partial charge is 0.220 e. The summed E-state index contributed by atoms with van der Waals surface area (Å²) in [6.07, 6.45) is 2.68. The van der Waals surface area contributed by atoms with Crippen molar-refractivity contribution in [3.8, 4) is 0 Å². The molecule has 7 heteroatoms. The third kappa shape index (κ3) is 12.4. The minimum atomic E-state index is 0.0897. The Morgan fingerprint density at radius 2 is 1.52 bits per heavy atom. The summed E-state index contributed by atoms with van der Waals surface area (Å²) in [4.78, 5) is 16.3. The van der Waals surface area contributed by atoms with Gasteiger partial charge in [-0.1, -0.05) is 13.8 Å². The Bertz CT molecular complexity index is 363. The number of amides is 1. The highest BCUT2D eigenvalue weighted by atomic mass is 16.5. The van der Waals surface area contributed by atoms with E-state index in [-0.39, 0.29) is 5.91 Å². The van der Waals surface area contributed by atoms with Crippen molar-refractivity contribution >= 4 is 5.91 Å². The van der Waals surface area contributed by atoms with Gasteiger partial charge in [0.1, 0.15) is 0 Å². The van der Waals surface area contributed by atoms with E-state index in [1.54, 1.807) is 0 Å². The number of rotatable bonds is 16. The van der Waals surface area contributed by atoms with E-state index in [2.05, 4.69) is 29.0 Å². The molecule has 0 saturated carbocycles. The molecule has 0 spiro atoms. The summed E-state index contributed by atoms with van der Waals surface area (Å²) in [7, 11) is 0. The van der Waals surface area contributed by atoms with E-state index < -0.39 is 0 Å². The van der Waals surface area contributed by atoms with Crippen LogP contribution in [0.25, 0.3) is 0 Å². The molecule has 0 aromatic rings. The molecule has 27 heavy (non-hydrogen) atoms. The largest absolute Gasteiger partial charge is 0.378 e. The second kappa shape index (κ2) is 16.2. The van der Waals surface area contributed by atoms with Crippen LogP contribution in [-0.4, -0.2) is 101 Å². The summed E-state index contributed by atoms with van der Waals surface area (Å²) in [6.45, 7) is 16.4. The van der Waals surface area contributed by atoms with Crippen molar-refractivity contribution in [1.29, 1.82) is 0 Å². The van der Waals surface area contributed by atoms with Gasteiger partial charge < -0.3 is 19.5 Å². The Hall–Kier alpha value is -0.730. The lowest BCUT2D eigenvalue weighted by Gasteiger charge is -2.37. The first kappa shape index (κ1) is 24.3. The fourth-order valence-electron chi connectivity index (χ4n) is 3.00. The Labute approximate surface area is 165 Å². The van der Waals surface area contributed by atoms with Gasteiger partial charge in [-0.05, 0) is 19.8 Å². The summed E-state index contributed by atoms with van der Waals surface area (Å²) in [5.74, 6) is 0.0897. The molecule has 0 bridgehead atoms. The molecule has 1 rings (SSSR count). The summed E-state index contributed by atoms with van der Waals surface area (Å²) < 4.78 is 16.6. The lowest BCUT2D eigenvalue weighted by molar-refractivity contribution is -0.121. The van der Waals surface area contributed by atoms with E-state index in [0.29, 0.717) is 52.0 Å². The molecular formula is C20H41N3O4. The third-order valence-corrected chi connectivity index (χ3v) is 4.96. The van der Waals surface area contributed by atoms with Crippen molar-refractivity contribution < 1.29 is 19.0 Å². The minimum Gasteiger partial charge on any atom is -0.378 e. The molecule has 0 aromatic carbocycles. The molecular weight excluding hydrogens is 346 g/mol. The molecule has 7 nitrogen and oxygen atoms in total. The van der Waals surface area contributed by atoms with Crippen LogP contribution in [0.2, 0.25) is 0 Å². The first-order valence-corrected chi connectivity index (χ1v) is 10.6. The summed E-state index contributed by atoms with van der Waals surface area (Å²) in [5, 5.41) is 2.82. The fraction of sp³-hybridized carbons (Fsp3) is 0.950. The lowest BCUT2D eigenvalue weighted by atomic mass is 10.2. The van der Waals surface area contributed by atoms with Crippen molar-refractivity contribution in [1.82, 2.24) is 15.1 Å². The van der Waals surface area contributed by atoms with Gasteiger partial charge in [0.15, 0.2) is 0 Å². The van der Waals surface area contributed by atoms with Crippen LogP contribution in [0.15, 0.2) is 0 Å². The molecule has 1 N–H and O–H groups in total. The molecule has 0 radical (unpaired) electrons. The molecule has 1 saturated heterocycles. The Morgan fingerprint density at radius 3 is 2.11 bits per heavy atom. The van der Waals surface area contributed by atoms with Crippen LogP contribution < -0.4 is 5.32 Å². The molecule has 1 heterocycles. The van der Waals surface area contributed by atoms with Gasteiger partial charge in [0, 0.05) is 51.7 Å². The van der Waals surface area contributed by atoms with Crippen molar-refractivity contribution in [3.63, 3.8) is 0 Å². The maximum Gasteiger partial charge on any atom is 0.220 e. The van der Waals surface area contributed by atoms with Gasteiger partial charge in [-0.3, -0.25) is 14.6 Å². The monoisotopic (exact) mass is 387 g/mol. The Morgan fingerprint density at radius 1 is 0.926 bits per heavy atom. The van der Waals surface area contributed by atoms with E-state index >= 15 is 0 Å². The van der Waals surface area contributed by atoms with Crippen molar-refractivity contribution in [2.75, 3.05) is 78.9 Å². The van der Waals surface area contributed by atoms with Gasteiger partial charge in [-0.2, -0.15) is 0 Å². The molecule has 0 aromatic heterocycles. The van der Waals surface area contributed by atoms with Crippen molar-refractivity contribution in [3.05, 3.63) is 0 Å². The van der Waals surface area contributed by atoms with Crippen molar-refractivity contribution in [2.45, 2.75) is 46.1 Å². The topological polar surface area (TPSA) is 63.3 Å². The quantitative estimate of drug-likeness (QED) is 0.404. The maximum atomic E-state index is 11.2. The molecule has 1 atom stereocenters. The zero-order valence-electron chi connectivity index (χ0n) is 17.7. The van der Waals surface area contributed by atoms with Gasteiger partial charge in [-0.25, -0.2) is 0 Å². The van der Waals surface area contributed by atoms with Crippen LogP contribution in [0.1, 0.15) is 40.0 Å². The van der Waals surface area contributed by atoms with Gasteiger partial charge in [0.25, 0.3) is 0 Å². The average Bonchev–Trinajstić information content (AvgIpc) is 2.69. The second-order valence-electron chi connectivity index (χ2n) is 7.07. The van der Waals surface area contributed by atoms with Crippen LogP contribution in [-0.2, 0) is 19.0 Å². The number of nitrogens with one attached hydrogen (secondary N) is 1. The lowest BCUT2D eigenvalue weighted by Crippen LogP contribution is -2.50. The number of hydrogen-bond donors (Lipinski definition) is 1. The molecule has 1 amide bonds. The highest BCUT2D eigenvalue weighted by Crippen LogP contribution is 2.08. The number of hydrogen-bond acceptors (Lipinski definition) is 6. The molecule has 1 fully saturated rings. The van der Waals surface area contributed by atoms with Crippen LogP contribution in [0.5, 0.6) is 0 Å². The van der Waals surface area contributed by atoms with Gasteiger partial charge in [0.05, 0.1) is 39.6 Å². The van der Waals surface area contributed by atoms with Crippen LogP contribution in [0.3, 0.4) is 0 Å². The second-order valence-corrected chi connectivity index (χ2v) is 7.07. The van der Waals surface area contributed by atoms with Crippen LogP contribution >= 0.6 is 0 Å². The van der Waals surface area contributed by atoms with E-state index in [1.165, 1.54) is 19.5 Å². The number of carbonyl (C=O) groups is 1. The maximum absolute atomic E-state index is 11.2. The number of ether oxygens (including phenoxy) is 3. The average molecular weight is 388 g/mol. The zero-order valence-corrected chi connectivity index (χ0v) is 17.7. The zero-order chi connectivity index (χ0) is 19.7. The van der Waals surface area contributed by atoms with E-state index in [9.17, 15) is 4.79 Å². The Balaban J connectivity index is 1.80. The summed E-state index contributed by atoms with van der Waals surface area (Å²) in [6, 6.07) is 0.698. The van der Waals surface area contributed by atoms with Crippen molar-refractivity contribution in [2.24, 2.45) is 0 Å². The molecule has 0 aliphatic carbocycles. The first-order valence-electron chi connectivity index (χ1n) is 10.6. The first-order chi connectivity index (χ1) is 13.2. The predicted molar refractivity (Wildman–Crippen MR) is 108 cm³/mol. The van der Waals surface area contributed by atoms with Crippen LogP contribution in [0.4, 0.5) is 0 Å². The summed E-state index contributed by atoms with van der Waals surface area (Å²) >= 11 is 0. The highest BCUT2D eigenvalue weighted by Gasteiger charge is 2.19. The molecule has 1 aliphatic heterocycles. The standard InChI is InChI=1S/C20H41N3O4/c1-4-6-20(24)21-7-13-25-15-17-27-18-16-26-14-12-22-8-10-23(11-9-22)19(3)5-2/h19H,4-18H2,1-3H3,(H,21,24). The number of carbonyl (C=O) groups excluding carboxylic acids is 1. The SMILES string of the molecule is CCCC(=O)NCCOCCOCCOCCN1CCN(C(C)CC)CC1. The molecule has 1 unspecified atom stereocenters. The number of nitrogens with zero attached hydrogens (tertiary/aromatic N) is 2. The predicted octanol–water partition coefficient (Wildman–Crippen LogP) is 1.37. The normalized spacial score (nSPS) is 17.1. The van der Waals surface area contributed by atoms with Gasteiger partial charge in [0.2, 0.25) is 5.91 Å². The molecule has 1 aliphatic rings. The Kier molecular flexibility index (Phi) is 14.6. The van der Waals surface area contributed by atoms with Gasteiger partial charge >= 0.3 is 0 Å². The van der Waals surface area contributed by atoms with E-state index in [0.717, 1.165) is 32.7 Å². The fourth-order valence-corrected chi connectivity index (χ4v) is 3.00. The van der Waals surface area contributed by atoms with Gasteiger partial charge in [-0.15, -0.1) is 0 Å². The molecule has 160 valence electrons. The van der Waals surface area contributed by atoms with Crippen LogP contribution in [0, 0.1) is 0 Å². The number of piperazine rings is 1.